The van der Waals surface area contributed by atoms with Crippen molar-refractivity contribution in [3.63, 3.8) is 0 Å². The number of hydrogen-bond donors (Lipinski definition) is 3. The van der Waals surface area contributed by atoms with Crippen LogP contribution in [0.1, 0.15) is 30.6 Å². The number of halogens is 2. The van der Waals surface area contributed by atoms with Crippen molar-refractivity contribution in [3.8, 4) is 0 Å². The summed E-state index contributed by atoms with van der Waals surface area (Å²) in [6.45, 7) is 4.97. The maximum absolute atomic E-state index is 11.6. The molecule has 0 heterocycles. The Hall–Kier alpha value is -0.970. The molecule has 0 saturated carbocycles. The zero-order chi connectivity index (χ0) is 13.7. The summed E-state index contributed by atoms with van der Waals surface area (Å²) in [6.07, 6.45) is 0.975. The second kappa shape index (κ2) is 6.83. The number of rotatable bonds is 5. The second-order valence-electron chi connectivity index (χ2n) is 4.39. The van der Waals surface area contributed by atoms with Gasteiger partial charge < -0.3 is 5.32 Å². The van der Waals surface area contributed by atoms with Crippen LogP contribution in [0.15, 0.2) is 12.1 Å². The highest BCUT2D eigenvalue weighted by atomic mass is 35.5. The normalized spacial score (nSPS) is 10.6. The van der Waals surface area contributed by atoms with E-state index < -0.39 is 5.91 Å². The SMILES string of the molecule is CC(C)CCNc1c(Cl)cc(Cl)cc1C(=O)NN. The third kappa shape index (κ3) is 4.05. The Labute approximate surface area is 117 Å². The molecule has 1 aromatic rings. The highest BCUT2D eigenvalue weighted by Crippen LogP contribution is 2.30. The highest BCUT2D eigenvalue weighted by Gasteiger charge is 2.15. The smallest absolute Gasteiger partial charge is 0.267 e. The molecule has 4 nitrogen and oxygen atoms in total. The Morgan fingerprint density at radius 3 is 2.61 bits per heavy atom. The van der Waals surface area contributed by atoms with E-state index in [1.54, 1.807) is 6.07 Å². The van der Waals surface area contributed by atoms with Crippen LogP contribution in [0.5, 0.6) is 0 Å². The number of nitrogen functional groups attached to an aromatic ring is 1. The molecule has 0 aliphatic carbocycles. The predicted molar refractivity (Wildman–Crippen MR) is 76.1 cm³/mol. The van der Waals surface area contributed by atoms with Gasteiger partial charge in [-0.3, -0.25) is 10.2 Å². The van der Waals surface area contributed by atoms with E-state index in [0.717, 1.165) is 13.0 Å². The van der Waals surface area contributed by atoms with Crippen LogP contribution < -0.4 is 16.6 Å². The van der Waals surface area contributed by atoms with Gasteiger partial charge in [0.25, 0.3) is 5.91 Å². The van der Waals surface area contributed by atoms with E-state index in [9.17, 15) is 4.79 Å². The van der Waals surface area contributed by atoms with Gasteiger partial charge in [0.1, 0.15) is 0 Å². The average molecular weight is 290 g/mol. The molecular weight excluding hydrogens is 273 g/mol. The number of anilines is 1. The molecule has 0 aliphatic heterocycles. The fraction of sp³-hybridized carbons (Fsp3) is 0.417. The minimum absolute atomic E-state index is 0.346. The van der Waals surface area contributed by atoms with Crippen molar-refractivity contribution in [1.82, 2.24) is 5.43 Å². The van der Waals surface area contributed by atoms with Gasteiger partial charge in [0.15, 0.2) is 0 Å². The molecule has 0 radical (unpaired) electrons. The lowest BCUT2D eigenvalue weighted by atomic mass is 10.1. The molecule has 1 amide bonds. The first-order chi connectivity index (χ1) is 8.45. The van der Waals surface area contributed by atoms with Gasteiger partial charge in [-0.25, -0.2) is 5.84 Å². The molecule has 4 N–H and O–H groups in total. The number of benzene rings is 1. The number of amides is 1. The van der Waals surface area contributed by atoms with E-state index in [-0.39, 0.29) is 0 Å². The van der Waals surface area contributed by atoms with E-state index in [0.29, 0.717) is 27.2 Å². The molecule has 0 bridgehead atoms. The van der Waals surface area contributed by atoms with Crippen LogP contribution in [-0.2, 0) is 0 Å². The number of carbonyl (C=O) groups excluding carboxylic acids is 1. The van der Waals surface area contributed by atoms with Crippen LogP contribution in [0.3, 0.4) is 0 Å². The van der Waals surface area contributed by atoms with Gasteiger partial charge >= 0.3 is 0 Å². The zero-order valence-electron chi connectivity index (χ0n) is 10.4. The van der Waals surface area contributed by atoms with Crippen molar-refractivity contribution in [3.05, 3.63) is 27.7 Å². The van der Waals surface area contributed by atoms with Crippen molar-refractivity contribution in [2.24, 2.45) is 11.8 Å². The molecule has 1 aromatic carbocycles. The van der Waals surface area contributed by atoms with E-state index in [1.165, 1.54) is 6.07 Å². The summed E-state index contributed by atoms with van der Waals surface area (Å²) in [4.78, 5) is 11.6. The van der Waals surface area contributed by atoms with Crippen molar-refractivity contribution in [1.29, 1.82) is 0 Å². The number of hydrazine groups is 1. The first-order valence-electron chi connectivity index (χ1n) is 5.69. The molecule has 0 fully saturated rings. The molecule has 0 atom stereocenters. The Morgan fingerprint density at radius 2 is 2.06 bits per heavy atom. The van der Waals surface area contributed by atoms with Crippen LogP contribution in [0.25, 0.3) is 0 Å². The van der Waals surface area contributed by atoms with Crippen LogP contribution in [0.4, 0.5) is 5.69 Å². The number of carbonyl (C=O) groups is 1. The molecule has 100 valence electrons. The van der Waals surface area contributed by atoms with Gasteiger partial charge in [0, 0.05) is 11.6 Å². The molecule has 18 heavy (non-hydrogen) atoms. The minimum Gasteiger partial charge on any atom is -0.383 e. The molecular formula is C12H17Cl2N3O. The molecule has 0 unspecified atom stereocenters. The maximum atomic E-state index is 11.6. The van der Waals surface area contributed by atoms with Crippen molar-refractivity contribution >= 4 is 34.8 Å². The predicted octanol–water partition coefficient (Wildman–Crippen LogP) is 3.05. The Balaban J connectivity index is 2.96. The topological polar surface area (TPSA) is 67.2 Å². The minimum atomic E-state index is -0.425. The summed E-state index contributed by atoms with van der Waals surface area (Å²) in [6, 6.07) is 3.13. The lowest BCUT2D eigenvalue weighted by Crippen LogP contribution is -2.30. The van der Waals surface area contributed by atoms with Gasteiger partial charge in [0.2, 0.25) is 0 Å². The number of nitrogens with one attached hydrogen (secondary N) is 2. The second-order valence-corrected chi connectivity index (χ2v) is 5.24. The van der Waals surface area contributed by atoms with E-state index in [2.05, 4.69) is 24.6 Å². The van der Waals surface area contributed by atoms with Crippen LogP contribution in [-0.4, -0.2) is 12.5 Å². The van der Waals surface area contributed by atoms with Gasteiger partial charge in [-0.1, -0.05) is 37.0 Å². The largest absolute Gasteiger partial charge is 0.383 e. The highest BCUT2D eigenvalue weighted by molar-refractivity contribution is 6.37. The fourth-order valence-electron chi connectivity index (χ4n) is 1.50. The molecule has 1 rings (SSSR count). The fourth-order valence-corrected chi connectivity index (χ4v) is 2.06. The van der Waals surface area contributed by atoms with Gasteiger partial charge in [-0.2, -0.15) is 0 Å². The van der Waals surface area contributed by atoms with Gasteiger partial charge in [0.05, 0.1) is 16.3 Å². The summed E-state index contributed by atoms with van der Waals surface area (Å²) in [7, 11) is 0. The Kier molecular flexibility index (Phi) is 5.72. The van der Waals surface area contributed by atoms with Crippen molar-refractivity contribution in [2.45, 2.75) is 20.3 Å². The Morgan fingerprint density at radius 1 is 1.39 bits per heavy atom. The molecule has 0 saturated heterocycles. The summed E-state index contributed by atoms with van der Waals surface area (Å²) in [5.41, 5.74) is 2.99. The van der Waals surface area contributed by atoms with Gasteiger partial charge in [-0.05, 0) is 24.5 Å². The van der Waals surface area contributed by atoms with Gasteiger partial charge in [-0.15, -0.1) is 0 Å². The summed E-state index contributed by atoms with van der Waals surface area (Å²) < 4.78 is 0. The maximum Gasteiger partial charge on any atom is 0.267 e. The summed E-state index contributed by atoms with van der Waals surface area (Å²) in [5.74, 6) is 5.28. The standard InChI is InChI=1S/C12H17Cl2N3O/c1-7(2)3-4-16-11-9(12(18)17-15)5-8(13)6-10(11)14/h5-7,16H,3-4,15H2,1-2H3,(H,17,18). The first kappa shape index (κ1) is 15.1. The van der Waals surface area contributed by atoms with Crippen LogP contribution in [0.2, 0.25) is 10.0 Å². The Bertz CT molecular complexity index is 436. The van der Waals surface area contributed by atoms with Crippen molar-refractivity contribution < 1.29 is 4.79 Å². The third-order valence-electron chi connectivity index (χ3n) is 2.45. The monoisotopic (exact) mass is 289 g/mol. The number of hydrogen-bond acceptors (Lipinski definition) is 3. The van der Waals surface area contributed by atoms with E-state index >= 15 is 0 Å². The zero-order valence-corrected chi connectivity index (χ0v) is 11.9. The number of nitrogens with two attached hydrogens (primary N) is 1. The quantitative estimate of drug-likeness (QED) is 0.443. The molecule has 0 spiro atoms. The van der Waals surface area contributed by atoms with E-state index in [1.807, 2.05) is 0 Å². The van der Waals surface area contributed by atoms with Crippen LogP contribution in [0, 0.1) is 5.92 Å². The third-order valence-corrected chi connectivity index (χ3v) is 2.97. The van der Waals surface area contributed by atoms with Crippen LogP contribution >= 0.6 is 23.2 Å². The molecule has 6 heteroatoms. The molecule has 0 aromatic heterocycles. The molecule has 0 aliphatic rings. The first-order valence-corrected chi connectivity index (χ1v) is 6.45. The van der Waals surface area contributed by atoms with E-state index in [4.69, 9.17) is 29.0 Å². The summed E-state index contributed by atoms with van der Waals surface area (Å²) in [5, 5.41) is 3.95. The summed E-state index contributed by atoms with van der Waals surface area (Å²) >= 11 is 12.0. The average Bonchev–Trinajstić information content (AvgIpc) is 2.30. The van der Waals surface area contributed by atoms with Crippen molar-refractivity contribution in [2.75, 3.05) is 11.9 Å². The lowest BCUT2D eigenvalue weighted by Gasteiger charge is -2.14. The lowest BCUT2D eigenvalue weighted by molar-refractivity contribution is 0.0954.